The van der Waals surface area contributed by atoms with Gasteiger partial charge in [0, 0.05) is 16.9 Å². The fraction of sp³-hybridized carbons (Fsp3) is 0.364. The number of carbonyl (C=O) groups is 2. The quantitative estimate of drug-likeness (QED) is 0.794. The van der Waals surface area contributed by atoms with Gasteiger partial charge in [-0.05, 0) is 56.7 Å². The summed E-state index contributed by atoms with van der Waals surface area (Å²) in [6.45, 7) is 9.81. The van der Waals surface area contributed by atoms with E-state index in [0.29, 0.717) is 6.54 Å². The molecule has 2 aromatic rings. The molecule has 3 rings (SSSR count). The first-order chi connectivity index (χ1) is 12.9. The zero-order valence-corrected chi connectivity index (χ0v) is 16.3. The van der Waals surface area contributed by atoms with Crippen molar-refractivity contribution in [2.24, 2.45) is 0 Å². The maximum atomic E-state index is 12.4. The second-order valence-electron chi connectivity index (χ2n) is 7.38. The lowest BCUT2D eigenvalue weighted by atomic mass is 10.1. The van der Waals surface area contributed by atoms with E-state index in [-0.39, 0.29) is 11.7 Å². The fourth-order valence-corrected chi connectivity index (χ4v) is 3.54. The van der Waals surface area contributed by atoms with Crippen molar-refractivity contribution in [1.82, 2.24) is 0 Å². The van der Waals surface area contributed by atoms with Gasteiger partial charge in [-0.15, -0.1) is 0 Å². The van der Waals surface area contributed by atoms with Crippen molar-refractivity contribution in [2.75, 3.05) is 42.9 Å². The fourth-order valence-electron chi connectivity index (χ4n) is 3.54. The van der Waals surface area contributed by atoms with Gasteiger partial charge >= 0.3 is 0 Å². The number of quaternary nitrogens is 1. The second-order valence-corrected chi connectivity index (χ2v) is 7.38. The molecule has 1 aliphatic heterocycles. The van der Waals surface area contributed by atoms with Crippen LogP contribution in [0.15, 0.2) is 42.5 Å². The molecule has 5 heteroatoms. The molecule has 0 atom stereocenters. The number of anilines is 2. The summed E-state index contributed by atoms with van der Waals surface area (Å²) in [5.74, 6) is 0.154. The number of nitrogens with zero attached hydrogens (tertiary/aromatic N) is 1. The Bertz CT molecular complexity index is 822. The van der Waals surface area contributed by atoms with E-state index in [1.165, 1.54) is 10.5 Å². The number of hydrogen-bond acceptors (Lipinski definition) is 3. The Labute approximate surface area is 161 Å². The molecule has 27 heavy (non-hydrogen) atoms. The molecule has 1 heterocycles. The van der Waals surface area contributed by atoms with Crippen LogP contribution in [0.4, 0.5) is 11.4 Å². The SMILES string of the molecule is CC(=O)c1ccc(N2CC[NH+](CC(=O)Nc3ccc(C)cc3C)CC2)cc1. The number of Topliss-reactive ketones (excluding diaryl/α,β-unsaturated/α-hetero) is 1. The highest BCUT2D eigenvalue weighted by Crippen LogP contribution is 2.16. The molecule has 2 N–H and O–H groups in total. The van der Waals surface area contributed by atoms with E-state index < -0.39 is 0 Å². The Kier molecular flexibility index (Phi) is 5.91. The zero-order chi connectivity index (χ0) is 19.4. The van der Waals surface area contributed by atoms with Gasteiger partial charge < -0.3 is 15.1 Å². The Hall–Kier alpha value is -2.66. The van der Waals surface area contributed by atoms with Crippen molar-refractivity contribution in [1.29, 1.82) is 0 Å². The minimum atomic E-state index is 0.0659. The predicted octanol–water partition coefficient (Wildman–Crippen LogP) is 1.85. The first kappa shape index (κ1) is 19.1. The number of amides is 1. The lowest BCUT2D eigenvalue weighted by Crippen LogP contribution is -3.15. The molecule has 0 saturated carbocycles. The molecule has 1 saturated heterocycles. The normalized spacial score (nSPS) is 14.9. The minimum Gasteiger partial charge on any atom is -0.360 e. The van der Waals surface area contributed by atoms with Gasteiger partial charge in [0.1, 0.15) is 0 Å². The van der Waals surface area contributed by atoms with Crippen LogP contribution in [0, 0.1) is 13.8 Å². The third-order valence-corrected chi connectivity index (χ3v) is 5.18. The molecule has 1 amide bonds. The van der Waals surface area contributed by atoms with Crippen LogP contribution in [0.3, 0.4) is 0 Å². The number of hydrogen-bond donors (Lipinski definition) is 2. The highest BCUT2D eigenvalue weighted by Gasteiger charge is 2.22. The van der Waals surface area contributed by atoms with Crippen LogP contribution in [0.1, 0.15) is 28.4 Å². The minimum absolute atomic E-state index is 0.0659. The Morgan fingerprint density at radius 1 is 1.04 bits per heavy atom. The number of carbonyl (C=O) groups excluding carboxylic acids is 2. The predicted molar refractivity (Wildman–Crippen MR) is 109 cm³/mol. The summed E-state index contributed by atoms with van der Waals surface area (Å²) in [7, 11) is 0. The van der Waals surface area contributed by atoms with Crippen LogP contribution >= 0.6 is 0 Å². The number of ketones is 1. The third kappa shape index (κ3) is 4.95. The van der Waals surface area contributed by atoms with E-state index in [9.17, 15) is 9.59 Å². The highest BCUT2D eigenvalue weighted by atomic mass is 16.2. The van der Waals surface area contributed by atoms with Gasteiger partial charge in [0.05, 0.1) is 26.2 Å². The van der Waals surface area contributed by atoms with Crippen molar-refractivity contribution in [3.63, 3.8) is 0 Å². The molecular formula is C22H28N3O2+. The largest absolute Gasteiger partial charge is 0.360 e. The topological polar surface area (TPSA) is 53.9 Å². The van der Waals surface area contributed by atoms with Crippen molar-refractivity contribution in [2.45, 2.75) is 20.8 Å². The number of piperazine rings is 1. The summed E-state index contributed by atoms with van der Waals surface area (Å²) in [6, 6.07) is 13.9. The van der Waals surface area contributed by atoms with Gasteiger partial charge in [-0.2, -0.15) is 0 Å². The number of aryl methyl sites for hydroxylation is 2. The Morgan fingerprint density at radius 2 is 1.70 bits per heavy atom. The van der Waals surface area contributed by atoms with Crippen LogP contribution in [-0.2, 0) is 4.79 Å². The number of benzene rings is 2. The van der Waals surface area contributed by atoms with Gasteiger partial charge in [0.25, 0.3) is 5.91 Å². The summed E-state index contributed by atoms with van der Waals surface area (Å²) in [4.78, 5) is 27.4. The Balaban J connectivity index is 1.50. The molecule has 0 spiro atoms. The van der Waals surface area contributed by atoms with Crippen LogP contribution in [-0.4, -0.2) is 44.4 Å². The van der Waals surface area contributed by atoms with Crippen molar-refractivity contribution < 1.29 is 14.5 Å². The van der Waals surface area contributed by atoms with Gasteiger partial charge in [-0.3, -0.25) is 9.59 Å². The smallest absolute Gasteiger partial charge is 0.279 e. The van der Waals surface area contributed by atoms with Gasteiger partial charge in [0.2, 0.25) is 0 Å². The molecule has 142 valence electrons. The molecule has 2 aromatic carbocycles. The zero-order valence-electron chi connectivity index (χ0n) is 16.3. The molecule has 0 bridgehead atoms. The average molecular weight is 366 g/mol. The van der Waals surface area contributed by atoms with Gasteiger partial charge in [-0.25, -0.2) is 0 Å². The summed E-state index contributed by atoms with van der Waals surface area (Å²) in [5, 5.41) is 3.04. The maximum absolute atomic E-state index is 12.4. The lowest BCUT2D eigenvalue weighted by Gasteiger charge is -2.33. The van der Waals surface area contributed by atoms with E-state index in [0.717, 1.165) is 48.7 Å². The molecule has 5 nitrogen and oxygen atoms in total. The van der Waals surface area contributed by atoms with Crippen molar-refractivity contribution in [3.8, 4) is 0 Å². The van der Waals surface area contributed by atoms with E-state index in [2.05, 4.69) is 23.2 Å². The van der Waals surface area contributed by atoms with Gasteiger partial charge in [0.15, 0.2) is 12.3 Å². The molecule has 1 aliphatic rings. The molecule has 1 fully saturated rings. The molecule has 0 unspecified atom stereocenters. The number of nitrogens with one attached hydrogen (secondary N) is 2. The van der Waals surface area contributed by atoms with E-state index >= 15 is 0 Å². The van der Waals surface area contributed by atoms with E-state index in [4.69, 9.17) is 0 Å². The summed E-state index contributed by atoms with van der Waals surface area (Å²) < 4.78 is 0. The maximum Gasteiger partial charge on any atom is 0.279 e. The molecule has 0 aromatic heterocycles. The first-order valence-electron chi connectivity index (χ1n) is 9.49. The standard InChI is InChI=1S/C22H27N3O2/c1-16-4-9-21(17(2)14-16)23-22(27)15-24-10-12-25(13-11-24)20-7-5-19(6-8-20)18(3)26/h4-9,14H,10-13,15H2,1-3H3,(H,23,27)/p+1. The average Bonchev–Trinajstić information content (AvgIpc) is 2.65. The molecular weight excluding hydrogens is 338 g/mol. The molecule has 0 radical (unpaired) electrons. The highest BCUT2D eigenvalue weighted by molar-refractivity contribution is 5.94. The Morgan fingerprint density at radius 3 is 2.30 bits per heavy atom. The van der Waals surface area contributed by atoms with Crippen LogP contribution in [0.5, 0.6) is 0 Å². The molecule has 0 aliphatic carbocycles. The summed E-state index contributed by atoms with van der Waals surface area (Å²) in [5.41, 5.74) is 5.07. The second kappa shape index (κ2) is 8.35. The third-order valence-electron chi connectivity index (χ3n) is 5.18. The van der Waals surface area contributed by atoms with Crippen LogP contribution < -0.4 is 15.1 Å². The van der Waals surface area contributed by atoms with E-state index in [1.54, 1.807) is 6.92 Å². The first-order valence-corrected chi connectivity index (χ1v) is 9.49. The lowest BCUT2D eigenvalue weighted by molar-refractivity contribution is -0.892. The van der Waals surface area contributed by atoms with Crippen LogP contribution in [0.25, 0.3) is 0 Å². The van der Waals surface area contributed by atoms with Crippen molar-refractivity contribution >= 4 is 23.1 Å². The number of rotatable bonds is 5. The summed E-state index contributed by atoms with van der Waals surface area (Å²) >= 11 is 0. The van der Waals surface area contributed by atoms with Crippen LogP contribution in [0.2, 0.25) is 0 Å². The summed E-state index contributed by atoms with van der Waals surface area (Å²) in [6.07, 6.45) is 0. The van der Waals surface area contributed by atoms with E-state index in [1.807, 2.05) is 43.3 Å². The monoisotopic (exact) mass is 366 g/mol. The van der Waals surface area contributed by atoms with Gasteiger partial charge in [-0.1, -0.05) is 17.7 Å². The van der Waals surface area contributed by atoms with Crippen molar-refractivity contribution in [3.05, 3.63) is 59.2 Å².